The molecule has 7 heteroatoms. The standard InChI is InChI=1S/C13H13Cl2N3O2/c1-13(20,8-4-2-3-5-9(8)14)7-16-10-6-17-18-12(19)11(10)15/h2-6,20H,7H2,1H3,(H2,16,18,19)/t13-/m0/s1. The molecule has 1 atom stereocenters. The van der Waals surface area contributed by atoms with Crippen LogP contribution in [0.2, 0.25) is 10.0 Å². The molecule has 0 bridgehead atoms. The van der Waals surface area contributed by atoms with Gasteiger partial charge in [-0.1, -0.05) is 41.4 Å². The van der Waals surface area contributed by atoms with Gasteiger partial charge < -0.3 is 10.4 Å². The van der Waals surface area contributed by atoms with Crippen molar-refractivity contribution in [2.45, 2.75) is 12.5 Å². The Hall–Kier alpha value is -1.56. The van der Waals surface area contributed by atoms with Crippen LogP contribution in [-0.4, -0.2) is 21.8 Å². The molecule has 106 valence electrons. The van der Waals surface area contributed by atoms with Gasteiger partial charge in [-0.05, 0) is 13.0 Å². The number of hydrogen-bond acceptors (Lipinski definition) is 4. The Morgan fingerprint density at radius 1 is 1.40 bits per heavy atom. The van der Waals surface area contributed by atoms with E-state index in [1.807, 2.05) is 0 Å². The van der Waals surface area contributed by atoms with Crippen molar-refractivity contribution in [1.82, 2.24) is 10.2 Å². The number of aromatic nitrogens is 2. The molecule has 20 heavy (non-hydrogen) atoms. The van der Waals surface area contributed by atoms with E-state index >= 15 is 0 Å². The maximum absolute atomic E-state index is 11.3. The Morgan fingerprint density at radius 2 is 2.10 bits per heavy atom. The number of hydrogen-bond donors (Lipinski definition) is 3. The van der Waals surface area contributed by atoms with Gasteiger partial charge >= 0.3 is 0 Å². The fraction of sp³-hybridized carbons (Fsp3) is 0.231. The van der Waals surface area contributed by atoms with Crippen LogP contribution in [0.5, 0.6) is 0 Å². The summed E-state index contributed by atoms with van der Waals surface area (Å²) < 4.78 is 0. The molecule has 2 rings (SSSR count). The molecule has 0 aliphatic carbocycles. The Bertz CT molecular complexity index is 671. The van der Waals surface area contributed by atoms with Gasteiger partial charge in [0.1, 0.15) is 10.6 Å². The monoisotopic (exact) mass is 313 g/mol. The van der Waals surface area contributed by atoms with Crippen LogP contribution >= 0.6 is 23.2 Å². The van der Waals surface area contributed by atoms with Crippen molar-refractivity contribution in [3.8, 4) is 0 Å². The van der Waals surface area contributed by atoms with Crippen molar-refractivity contribution in [3.63, 3.8) is 0 Å². The zero-order valence-electron chi connectivity index (χ0n) is 10.7. The minimum atomic E-state index is -1.22. The largest absolute Gasteiger partial charge is 0.384 e. The number of benzene rings is 1. The summed E-state index contributed by atoms with van der Waals surface area (Å²) in [7, 11) is 0. The van der Waals surface area contributed by atoms with E-state index in [2.05, 4.69) is 15.5 Å². The molecule has 1 aromatic carbocycles. The van der Waals surface area contributed by atoms with Gasteiger partial charge in [0.25, 0.3) is 5.56 Å². The second-order valence-corrected chi connectivity index (χ2v) is 5.32. The van der Waals surface area contributed by atoms with Crippen LogP contribution in [-0.2, 0) is 5.60 Å². The molecule has 1 aromatic heterocycles. The van der Waals surface area contributed by atoms with Crippen molar-refractivity contribution < 1.29 is 5.11 Å². The van der Waals surface area contributed by atoms with E-state index in [-0.39, 0.29) is 11.6 Å². The molecule has 0 unspecified atom stereocenters. The first-order valence-electron chi connectivity index (χ1n) is 5.86. The van der Waals surface area contributed by atoms with Crippen molar-refractivity contribution in [1.29, 1.82) is 0 Å². The molecule has 0 aliphatic rings. The molecule has 0 saturated heterocycles. The first kappa shape index (κ1) is 14.8. The summed E-state index contributed by atoms with van der Waals surface area (Å²) in [6.07, 6.45) is 1.38. The van der Waals surface area contributed by atoms with Gasteiger partial charge in [-0.2, -0.15) is 5.10 Å². The second-order valence-electron chi connectivity index (χ2n) is 4.53. The van der Waals surface area contributed by atoms with E-state index in [9.17, 15) is 9.90 Å². The number of rotatable bonds is 4. The van der Waals surface area contributed by atoms with Crippen LogP contribution < -0.4 is 10.9 Å². The molecule has 0 fully saturated rings. The summed E-state index contributed by atoms with van der Waals surface area (Å²) in [5.74, 6) is 0. The molecule has 0 radical (unpaired) electrons. The number of nitrogens with zero attached hydrogens (tertiary/aromatic N) is 1. The molecule has 2 aromatic rings. The average molecular weight is 314 g/mol. The van der Waals surface area contributed by atoms with Gasteiger partial charge in [-0.3, -0.25) is 4.79 Å². The fourth-order valence-corrected chi connectivity index (χ4v) is 2.26. The van der Waals surface area contributed by atoms with Crippen LogP contribution in [0.1, 0.15) is 12.5 Å². The molecule has 0 aliphatic heterocycles. The second kappa shape index (κ2) is 5.83. The predicted molar refractivity (Wildman–Crippen MR) is 79.4 cm³/mol. The third kappa shape index (κ3) is 3.12. The lowest BCUT2D eigenvalue weighted by Gasteiger charge is -2.25. The molecule has 0 spiro atoms. The SMILES string of the molecule is C[C@](O)(CNc1cn[nH]c(=O)c1Cl)c1ccccc1Cl. The first-order chi connectivity index (χ1) is 9.42. The molecule has 0 amide bonds. The fourth-order valence-electron chi connectivity index (χ4n) is 1.77. The quantitative estimate of drug-likeness (QED) is 0.810. The molecule has 0 saturated carbocycles. The van der Waals surface area contributed by atoms with Gasteiger partial charge in [-0.15, -0.1) is 0 Å². The number of nitrogens with one attached hydrogen (secondary N) is 2. The number of aromatic amines is 1. The Kier molecular flexibility index (Phi) is 4.32. The van der Waals surface area contributed by atoms with Crippen molar-refractivity contribution >= 4 is 28.9 Å². The summed E-state index contributed by atoms with van der Waals surface area (Å²) in [5, 5.41) is 19.7. The summed E-state index contributed by atoms with van der Waals surface area (Å²) in [6, 6.07) is 7.01. The van der Waals surface area contributed by atoms with Crippen LogP contribution in [0.25, 0.3) is 0 Å². The highest BCUT2D eigenvalue weighted by Crippen LogP contribution is 2.28. The summed E-state index contributed by atoms with van der Waals surface area (Å²) in [4.78, 5) is 11.3. The highest BCUT2D eigenvalue weighted by molar-refractivity contribution is 6.33. The molecule has 5 nitrogen and oxygen atoms in total. The van der Waals surface area contributed by atoms with Gasteiger partial charge in [0.05, 0.1) is 11.9 Å². The van der Waals surface area contributed by atoms with E-state index in [0.29, 0.717) is 16.3 Å². The number of anilines is 1. The normalized spacial score (nSPS) is 13.8. The molecular weight excluding hydrogens is 301 g/mol. The summed E-state index contributed by atoms with van der Waals surface area (Å²) in [5.41, 5.74) is -0.774. The Morgan fingerprint density at radius 3 is 2.80 bits per heavy atom. The van der Waals surface area contributed by atoms with Crippen LogP contribution in [0.3, 0.4) is 0 Å². The molecule has 3 N–H and O–H groups in total. The lowest BCUT2D eigenvalue weighted by molar-refractivity contribution is 0.0716. The predicted octanol–water partition coefficient (Wildman–Crippen LogP) is 2.40. The van der Waals surface area contributed by atoms with Crippen LogP contribution in [0.15, 0.2) is 35.3 Å². The lowest BCUT2D eigenvalue weighted by atomic mass is 9.96. The third-order valence-corrected chi connectivity index (χ3v) is 3.58. The highest BCUT2D eigenvalue weighted by Gasteiger charge is 2.25. The van der Waals surface area contributed by atoms with E-state index < -0.39 is 11.2 Å². The van der Waals surface area contributed by atoms with E-state index in [1.54, 1.807) is 31.2 Å². The van der Waals surface area contributed by atoms with E-state index in [4.69, 9.17) is 23.2 Å². The highest BCUT2D eigenvalue weighted by atomic mass is 35.5. The van der Waals surface area contributed by atoms with Gasteiger partial charge in [0.2, 0.25) is 0 Å². The van der Waals surface area contributed by atoms with Gasteiger partial charge in [0.15, 0.2) is 0 Å². The number of aliphatic hydroxyl groups is 1. The number of H-pyrrole nitrogens is 1. The van der Waals surface area contributed by atoms with Gasteiger partial charge in [0, 0.05) is 17.1 Å². The first-order valence-corrected chi connectivity index (χ1v) is 6.62. The smallest absolute Gasteiger partial charge is 0.285 e. The van der Waals surface area contributed by atoms with Crippen molar-refractivity contribution in [3.05, 3.63) is 56.4 Å². The van der Waals surface area contributed by atoms with Crippen molar-refractivity contribution in [2.24, 2.45) is 0 Å². The maximum Gasteiger partial charge on any atom is 0.285 e. The zero-order chi connectivity index (χ0) is 14.8. The van der Waals surface area contributed by atoms with Crippen molar-refractivity contribution in [2.75, 3.05) is 11.9 Å². The zero-order valence-corrected chi connectivity index (χ0v) is 12.2. The van der Waals surface area contributed by atoms with E-state index in [1.165, 1.54) is 6.20 Å². The average Bonchev–Trinajstić information content (AvgIpc) is 2.41. The summed E-state index contributed by atoms with van der Waals surface area (Å²) >= 11 is 11.9. The summed E-state index contributed by atoms with van der Waals surface area (Å²) in [6.45, 7) is 1.75. The van der Waals surface area contributed by atoms with E-state index in [0.717, 1.165) is 0 Å². The Balaban J connectivity index is 2.19. The Labute approximate surface area is 125 Å². The van der Waals surface area contributed by atoms with Crippen LogP contribution in [0.4, 0.5) is 5.69 Å². The maximum atomic E-state index is 11.3. The molecular formula is C13H13Cl2N3O2. The topological polar surface area (TPSA) is 78.0 Å². The number of halogens is 2. The minimum Gasteiger partial charge on any atom is -0.384 e. The molecule has 1 heterocycles. The van der Waals surface area contributed by atoms with Crippen LogP contribution in [0, 0.1) is 0 Å². The minimum absolute atomic E-state index is 0.00467. The lowest BCUT2D eigenvalue weighted by Crippen LogP contribution is -2.31. The third-order valence-electron chi connectivity index (χ3n) is 2.87. The van der Waals surface area contributed by atoms with Gasteiger partial charge in [-0.25, -0.2) is 5.10 Å².